The maximum absolute atomic E-state index is 12.3. The second kappa shape index (κ2) is 8.25. The zero-order valence-corrected chi connectivity index (χ0v) is 15.6. The van der Waals surface area contributed by atoms with Gasteiger partial charge in [-0.2, -0.15) is 4.98 Å². The van der Waals surface area contributed by atoms with Crippen molar-refractivity contribution in [2.45, 2.75) is 75.5 Å². The predicted molar refractivity (Wildman–Crippen MR) is 98.0 cm³/mol. The number of nitrogens with one attached hydrogen (secondary N) is 1. The number of amides is 1. The van der Waals surface area contributed by atoms with Crippen LogP contribution in [-0.2, 0) is 4.79 Å². The second-order valence-corrected chi connectivity index (χ2v) is 8.30. The molecule has 0 atom stereocenters. The van der Waals surface area contributed by atoms with Gasteiger partial charge in [0, 0.05) is 12.1 Å². The lowest BCUT2D eigenvalue weighted by Crippen LogP contribution is -2.38. The van der Waals surface area contributed by atoms with Gasteiger partial charge in [0.15, 0.2) is 5.16 Å². The van der Waals surface area contributed by atoms with E-state index in [-0.39, 0.29) is 35.2 Å². The molecule has 0 spiro atoms. The summed E-state index contributed by atoms with van der Waals surface area (Å²) >= 11 is 1.24. The molecule has 1 heterocycles. The van der Waals surface area contributed by atoms with E-state index in [9.17, 15) is 14.7 Å². The van der Waals surface area contributed by atoms with Crippen LogP contribution in [0.5, 0.6) is 5.88 Å². The Bertz CT molecular complexity index is 662. The van der Waals surface area contributed by atoms with E-state index in [0.717, 1.165) is 63.4 Å². The number of aromatic nitrogens is 2. The van der Waals surface area contributed by atoms with Crippen LogP contribution in [0.15, 0.2) is 16.0 Å². The molecular weight excluding hydrogens is 338 g/mol. The third-order valence-electron chi connectivity index (χ3n) is 5.31. The number of hydrogen-bond acceptors (Lipinski definition) is 5. The highest BCUT2D eigenvalue weighted by Crippen LogP contribution is 2.31. The van der Waals surface area contributed by atoms with Crippen molar-refractivity contribution in [3.63, 3.8) is 0 Å². The standard InChI is InChI=1S/C18H27N3O3S/c1-12-6-8-13(9-7-12)19-16(23)11-25-18-20-15(22)10-17(24)21(18)14-4-2-3-5-14/h10,12-14,22H,2-9,11H2,1H3,(H,19,23). The summed E-state index contributed by atoms with van der Waals surface area (Å²) in [6, 6.07) is 1.55. The lowest BCUT2D eigenvalue weighted by molar-refractivity contribution is -0.119. The number of nitrogens with zero attached hydrogens (tertiary/aromatic N) is 2. The fraction of sp³-hybridized carbons (Fsp3) is 0.722. The number of rotatable bonds is 5. The molecule has 2 aliphatic carbocycles. The van der Waals surface area contributed by atoms with Crippen molar-refractivity contribution in [2.75, 3.05) is 5.75 Å². The molecule has 1 aromatic heterocycles. The van der Waals surface area contributed by atoms with Crippen molar-refractivity contribution in [1.82, 2.24) is 14.9 Å². The van der Waals surface area contributed by atoms with Crippen molar-refractivity contribution in [1.29, 1.82) is 0 Å². The van der Waals surface area contributed by atoms with Crippen LogP contribution in [0.1, 0.15) is 64.3 Å². The van der Waals surface area contributed by atoms with Crippen molar-refractivity contribution in [3.8, 4) is 5.88 Å². The molecule has 2 fully saturated rings. The molecule has 0 aliphatic heterocycles. The molecule has 1 amide bonds. The van der Waals surface area contributed by atoms with E-state index in [2.05, 4.69) is 17.2 Å². The molecule has 138 valence electrons. The SMILES string of the molecule is CC1CCC(NC(=O)CSc2nc(O)cc(=O)n2C2CCCC2)CC1. The van der Waals surface area contributed by atoms with Crippen LogP contribution in [-0.4, -0.2) is 32.4 Å². The minimum atomic E-state index is -0.275. The first-order valence-electron chi connectivity index (χ1n) is 9.27. The summed E-state index contributed by atoms with van der Waals surface area (Å²) in [4.78, 5) is 28.7. The lowest BCUT2D eigenvalue weighted by atomic mass is 9.87. The summed E-state index contributed by atoms with van der Waals surface area (Å²) in [5, 5.41) is 13.2. The number of carbonyl (C=O) groups excluding carboxylic acids is 1. The Hall–Kier alpha value is -1.50. The first-order chi connectivity index (χ1) is 12.0. The summed E-state index contributed by atoms with van der Waals surface area (Å²) in [5.41, 5.74) is -0.233. The molecular formula is C18H27N3O3S. The quantitative estimate of drug-likeness (QED) is 0.619. The molecule has 7 heteroatoms. The van der Waals surface area contributed by atoms with Crippen molar-refractivity contribution in [2.24, 2.45) is 5.92 Å². The van der Waals surface area contributed by atoms with Gasteiger partial charge in [0.1, 0.15) is 0 Å². The van der Waals surface area contributed by atoms with Gasteiger partial charge in [-0.25, -0.2) is 0 Å². The van der Waals surface area contributed by atoms with E-state index in [1.54, 1.807) is 4.57 Å². The van der Waals surface area contributed by atoms with Gasteiger partial charge in [0.25, 0.3) is 5.56 Å². The summed E-state index contributed by atoms with van der Waals surface area (Å²) < 4.78 is 1.66. The van der Waals surface area contributed by atoms with Crippen LogP contribution in [0.3, 0.4) is 0 Å². The highest BCUT2D eigenvalue weighted by Gasteiger charge is 2.23. The summed E-state index contributed by atoms with van der Waals surface area (Å²) in [5.74, 6) is 0.665. The lowest BCUT2D eigenvalue weighted by Gasteiger charge is -2.26. The third kappa shape index (κ3) is 4.77. The Morgan fingerprint density at radius 1 is 1.28 bits per heavy atom. The van der Waals surface area contributed by atoms with E-state index in [0.29, 0.717) is 5.16 Å². The van der Waals surface area contributed by atoms with Crippen molar-refractivity contribution >= 4 is 17.7 Å². The van der Waals surface area contributed by atoms with Gasteiger partial charge in [0.2, 0.25) is 11.8 Å². The summed E-state index contributed by atoms with van der Waals surface area (Å²) in [7, 11) is 0. The molecule has 2 N–H and O–H groups in total. The van der Waals surface area contributed by atoms with Gasteiger partial charge in [0.05, 0.1) is 11.8 Å². The smallest absolute Gasteiger partial charge is 0.258 e. The second-order valence-electron chi connectivity index (χ2n) is 7.36. The minimum absolute atomic E-state index is 0.0277. The fourth-order valence-corrected chi connectivity index (χ4v) is 4.74. The predicted octanol–water partition coefficient (Wildman–Crippen LogP) is 2.85. The average Bonchev–Trinajstić information content (AvgIpc) is 3.08. The molecule has 6 nitrogen and oxygen atoms in total. The van der Waals surface area contributed by atoms with Crippen LogP contribution >= 0.6 is 11.8 Å². The zero-order valence-electron chi connectivity index (χ0n) is 14.7. The molecule has 3 rings (SSSR count). The topological polar surface area (TPSA) is 84.2 Å². The Morgan fingerprint density at radius 2 is 1.96 bits per heavy atom. The van der Waals surface area contributed by atoms with Crippen LogP contribution in [0.2, 0.25) is 0 Å². The molecule has 0 bridgehead atoms. The molecule has 0 saturated heterocycles. The highest BCUT2D eigenvalue weighted by molar-refractivity contribution is 7.99. The van der Waals surface area contributed by atoms with Crippen LogP contribution in [0, 0.1) is 5.92 Å². The maximum atomic E-state index is 12.3. The number of thioether (sulfide) groups is 1. The van der Waals surface area contributed by atoms with Gasteiger partial charge >= 0.3 is 0 Å². The Morgan fingerprint density at radius 3 is 2.64 bits per heavy atom. The first kappa shape index (κ1) is 18.3. The Kier molecular flexibility index (Phi) is 6.04. The molecule has 2 saturated carbocycles. The molecule has 0 radical (unpaired) electrons. The third-order valence-corrected chi connectivity index (χ3v) is 6.26. The van der Waals surface area contributed by atoms with Crippen molar-refractivity contribution in [3.05, 3.63) is 16.4 Å². The first-order valence-corrected chi connectivity index (χ1v) is 10.3. The van der Waals surface area contributed by atoms with E-state index >= 15 is 0 Å². The molecule has 1 aromatic rings. The van der Waals surface area contributed by atoms with Gasteiger partial charge in [-0.05, 0) is 44.4 Å². The van der Waals surface area contributed by atoms with Gasteiger partial charge in [-0.3, -0.25) is 14.2 Å². The van der Waals surface area contributed by atoms with E-state index in [1.165, 1.54) is 11.8 Å². The number of carbonyl (C=O) groups is 1. The largest absolute Gasteiger partial charge is 0.493 e. The molecule has 25 heavy (non-hydrogen) atoms. The van der Waals surface area contributed by atoms with Crippen LogP contribution in [0.4, 0.5) is 0 Å². The van der Waals surface area contributed by atoms with Gasteiger partial charge in [-0.1, -0.05) is 31.5 Å². The monoisotopic (exact) mass is 365 g/mol. The summed E-state index contributed by atoms with van der Waals surface area (Å²) in [6.07, 6.45) is 8.49. The van der Waals surface area contributed by atoms with E-state index in [1.807, 2.05) is 0 Å². The van der Waals surface area contributed by atoms with Crippen LogP contribution < -0.4 is 10.9 Å². The van der Waals surface area contributed by atoms with Crippen molar-refractivity contribution < 1.29 is 9.90 Å². The minimum Gasteiger partial charge on any atom is -0.493 e. The zero-order chi connectivity index (χ0) is 17.8. The normalized spacial score (nSPS) is 24.4. The van der Waals surface area contributed by atoms with Crippen LogP contribution in [0.25, 0.3) is 0 Å². The number of hydrogen-bond donors (Lipinski definition) is 2. The molecule has 0 aromatic carbocycles. The van der Waals surface area contributed by atoms with Gasteiger partial charge in [-0.15, -0.1) is 0 Å². The fourth-order valence-electron chi connectivity index (χ4n) is 3.86. The number of aromatic hydroxyl groups is 1. The maximum Gasteiger partial charge on any atom is 0.258 e. The van der Waals surface area contributed by atoms with E-state index < -0.39 is 0 Å². The highest BCUT2D eigenvalue weighted by atomic mass is 32.2. The summed E-state index contributed by atoms with van der Waals surface area (Å²) in [6.45, 7) is 2.25. The van der Waals surface area contributed by atoms with Gasteiger partial charge < -0.3 is 10.4 Å². The average molecular weight is 365 g/mol. The van der Waals surface area contributed by atoms with E-state index in [4.69, 9.17) is 0 Å². The molecule has 0 unspecified atom stereocenters. The Labute approximate surface area is 152 Å². The Balaban J connectivity index is 1.62. The molecule has 2 aliphatic rings.